The van der Waals surface area contributed by atoms with Gasteiger partial charge in [-0.15, -0.1) is 11.3 Å². The van der Waals surface area contributed by atoms with Gasteiger partial charge >= 0.3 is 12.1 Å². The molecular formula is C13H10F3NO2S. The number of rotatable bonds is 2. The molecule has 0 saturated carbocycles. The van der Waals surface area contributed by atoms with Crippen LogP contribution in [0.4, 0.5) is 13.2 Å². The molecule has 0 atom stereocenters. The van der Waals surface area contributed by atoms with Crippen molar-refractivity contribution in [3.63, 3.8) is 0 Å². The summed E-state index contributed by atoms with van der Waals surface area (Å²) in [5.74, 6) is -0.658. The van der Waals surface area contributed by atoms with Gasteiger partial charge < -0.3 is 4.74 Å². The number of thiazole rings is 1. The van der Waals surface area contributed by atoms with Crippen molar-refractivity contribution >= 4 is 17.3 Å². The van der Waals surface area contributed by atoms with Crippen LogP contribution in [0.25, 0.3) is 10.6 Å². The highest BCUT2D eigenvalue weighted by Gasteiger charge is 2.34. The zero-order valence-corrected chi connectivity index (χ0v) is 11.4. The molecule has 0 spiro atoms. The van der Waals surface area contributed by atoms with E-state index in [1.54, 1.807) is 6.92 Å². The maximum Gasteiger partial charge on any atom is 0.417 e. The first-order valence-electron chi connectivity index (χ1n) is 5.57. The molecule has 106 valence electrons. The van der Waals surface area contributed by atoms with Crippen molar-refractivity contribution in [3.05, 3.63) is 40.4 Å². The van der Waals surface area contributed by atoms with Gasteiger partial charge in [-0.25, -0.2) is 9.78 Å². The van der Waals surface area contributed by atoms with Crippen LogP contribution in [0.5, 0.6) is 0 Å². The highest BCUT2D eigenvalue weighted by Crippen LogP contribution is 2.38. The van der Waals surface area contributed by atoms with E-state index in [4.69, 9.17) is 0 Å². The third-order valence-corrected chi connectivity index (χ3v) is 3.64. The number of carbonyl (C=O) groups excluding carboxylic acids is 1. The molecule has 3 nitrogen and oxygen atoms in total. The second kappa shape index (κ2) is 5.24. The lowest BCUT2D eigenvalue weighted by molar-refractivity contribution is -0.137. The van der Waals surface area contributed by atoms with Gasteiger partial charge in [0.1, 0.15) is 5.01 Å². The van der Waals surface area contributed by atoms with Gasteiger partial charge in [-0.3, -0.25) is 0 Å². The minimum Gasteiger partial charge on any atom is -0.464 e. The second-order valence-corrected chi connectivity index (χ2v) is 5.16. The van der Waals surface area contributed by atoms with Crippen molar-refractivity contribution < 1.29 is 22.7 Å². The lowest BCUT2D eigenvalue weighted by Crippen LogP contribution is -2.07. The normalized spacial score (nSPS) is 11.4. The summed E-state index contributed by atoms with van der Waals surface area (Å²) < 4.78 is 43.4. The highest BCUT2D eigenvalue weighted by molar-refractivity contribution is 7.15. The number of alkyl halides is 3. The number of esters is 1. The quantitative estimate of drug-likeness (QED) is 0.789. The van der Waals surface area contributed by atoms with Crippen LogP contribution in [-0.4, -0.2) is 18.1 Å². The number of ether oxygens (including phenoxy) is 1. The molecule has 0 N–H and O–H groups in total. The van der Waals surface area contributed by atoms with Crippen LogP contribution in [0.2, 0.25) is 0 Å². The summed E-state index contributed by atoms with van der Waals surface area (Å²) in [5, 5.41) is 0.149. The van der Waals surface area contributed by atoms with E-state index in [0.29, 0.717) is 4.88 Å². The Bertz CT molecular complexity index is 649. The number of carbonyl (C=O) groups is 1. The van der Waals surface area contributed by atoms with E-state index >= 15 is 0 Å². The number of hydrogen-bond donors (Lipinski definition) is 0. The number of hydrogen-bond acceptors (Lipinski definition) is 4. The topological polar surface area (TPSA) is 39.2 Å². The molecule has 2 aromatic rings. The van der Waals surface area contributed by atoms with E-state index < -0.39 is 17.7 Å². The van der Waals surface area contributed by atoms with Crippen molar-refractivity contribution in [2.75, 3.05) is 7.11 Å². The zero-order chi connectivity index (χ0) is 14.9. The Balaban J connectivity index is 2.56. The average molecular weight is 301 g/mol. The van der Waals surface area contributed by atoms with Crippen LogP contribution >= 0.6 is 11.3 Å². The summed E-state index contributed by atoms with van der Waals surface area (Å²) >= 11 is 1.03. The van der Waals surface area contributed by atoms with Gasteiger partial charge in [0.05, 0.1) is 12.7 Å². The van der Waals surface area contributed by atoms with E-state index in [2.05, 4.69) is 9.72 Å². The molecule has 0 aliphatic carbocycles. The number of aromatic nitrogens is 1. The predicted octanol–water partition coefficient (Wildman–Crippen LogP) is 3.92. The molecule has 7 heteroatoms. The third kappa shape index (κ3) is 2.67. The van der Waals surface area contributed by atoms with Crippen LogP contribution in [0.15, 0.2) is 24.3 Å². The maximum absolute atomic E-state index is 13.0. The molecule has 1 aromatic heterocycles. The van der Waals surface area contributed by atoms with Crippen LogP contribution < -0.4 is 0 Å². The molecule has 1 aromatic carbocycles. The van der Waals surface area contributed by atoms with E-state index in [1.807, 2.05) is 0 Å². The van der Waals surface area contributed by atoms with Gasteiger partial charge in [-0.1, -0.05) is 18.2 Å². The fourth-order valence-corrected chi connectivity index (χ4v) is 2.66. The predicted molar refractivity (Wildman–Crippen MR) is 68.6 cm³/mol. The van der Waals surface area contributed by atoms with Crippen molar-refractivity contribution in [2.45, 2.75) is 13.1 Å². The lowest BCUT2D eigenvalue weighted by Gasteiger charge is -2.10. The Morgan fingerprint density at radius 3 is 2.55 bits per heavy atom. The van der Waals surface area contributed by atoms with Crippen LogP contribution in [-0.2, 0) is 10.9 Å². The fraction of sp³-hybridized carbons (Fsp3) is 0.231. The van der Waals surface area contributed by atoms with Crippen molar-refractivity contribution in [3.8, 4) is 10.6 Å². The number of aryl methyl sites for hydroxylation is 1. The number of halogens is 3. The maximum atomic E-state index is 13.0. The van der Waals surface area contributed by atoms with Crippen molar-refractivity contribution in [1.29, 1.82) is 0 Å². The molecule has 0 fully saturated rings. The van der Waals surface area contributed by atoms with Gasteiger partial charge in [0.25, 0.3) is 0 Å². The summed E-state index contributed by atoms with van der Waals surface area (Å²) in [6.45, 7) is 1.61. The third-order valence-electron chi connectivity index (χ3n) is 2.64. The van der Waals surface area contributed by atoms with Crippen LogP contribution in [0.3, 0.4) is 0 Å². The fourth-order valence-electron chi connectivity index (χ4n) is 1.71. The summed E-state index contributed by atoms with van der Waals surface area (Å²) in [6.07, 6.45) is -4.47. The van der Waals surface area contributed by atoms with Crippen molar-refractivity contribution in [1.82, 2.24) is 4.98 Å². The first-order chi connectivity index (χ1) is 9.34. The Hall–Kier alpha value is -1.89. The summed E-state index contributed by atoms with van der Waals surface area (Å²) in [7, 11) is 1.20. The minimum absolute atomic E-state index is 0.0387. The molecule has 1 heterocycles. The highest BCUT2D eigenvalue weighted by atomic mass is 32.1. The molecule has 0 radical (unpaired) electrons. The molecule has 2 rings (SSSR count). The number of methoxy groups -OCH3 is 1. The molecule has 0 saturated heterocycles. The molecule has 0 unspecified atom stereocenters. The van der Waals surface area contributed by atoms with E-state index in [9.17, 15) is 18.0 Å². The number of benzene rings is 1. The summed E-state index contributed by atoms with van der Waals surface area (Å²) in [4.78, 5) is 15.9. The van der Waals surface area contributed by atoms with Gasteiger partial charge in [0, 0.05) is 10.4 Å². The summed E-state index contributed by atoms with van der Waals surface area (Å²) in [5.41, 5.74) is -0.766. The molecule has 0 aliphatic rings. The standard InChI is InChI=1S/C13H10F3NO2S/c1-7-10(12(18)19-2)17-11(20-7)8-5-3-4-6-9(8)13(14,15)16/h3-6H,1-2H3. The van der Waals surface area contributed by atoms with Gasteiger partial charge in [0.2, 0.25) is 0 Å². The van der Waals surface area contributed by atoms with Gasteiger partial charge in [0.15, 0.2) is 5.69 Å². The van der Waals surface area contributed by atoms with Crippen LogP contribution in [0, 0.1) is 6.92 Å². The summed E-state index contributed by atoms with van der Waals surface area (Å²) in [6, 6.07) is 5.14. The Morgan fingerprint density at radius 2 is 1.95 bits per heavy atom. The van der Waals surface area contributed by atoms with Gasteiger partial charge in [-0.05, 0) is 13.0 Å². The second-order valence-electron chi connectivity index (χ2n) is 3.96. The van der Waals surface area contributed by atoms with E-state index in [-0.39, 0.29) is 16.3 Å². The molecular weight excluding hydrogens is 291 g/mol. The molecule has 20 heavy (non-hydrogen) atoms. The first-order valence-corrected chi connectivity index (χ1v) is 6.38. The van der Waals surface area contributed by atoms with E-state index in [0.717, 1.165) is 17.4 Å². The van der Waals surface area contributed by atoms with Crippen LogP contribution in [0.1, 0.15) is 20.9 Å². The number of nitrogens with zero attached hydrogens (tertiary/aromatic N) is 1. The Labute approximate surface area is 117 Å². The van der Waals surface area contributed by atoms with E-state index in [1.165, 1.54) is 25.3 Å². The Morgan fingerprint density at radius 1 is 1.30 bits per heavy atom. The minimum atomic E-state index is -4.47. The molecule has 0 amide bonds. The van der Waals surface area contributed by atoms with Crippen molar-refractivity contribution in [2.24, 2.45) is 0 Å². The Kier molecular flexibility index (Phi) is 3.80. The monoisotopic (exact) mass is 301 g/mol. The lowest BCUT2D eigenvalue weighted by atomic mass is 10.1. The molecule has 0 aliphatic heterocycles. The molecule has 0 bridgehead atoms. The first kappa shape index (κ1) is 14.5. The zero-order valence-electron chi connectivity index (χ0n) is 10.6. The van der Waals surface area contributed by atoms with Gasteiger partial charge in [-0.2, -0.15) is 13.2 Å². The average Bonchev–Trinajstić information content (AvgIpc) is 2.79. The smallest absolute Gasteiger partial charge is 0.417 e. The SMILES string of the molecule is COC(=O)c1nc(-c2ccccc2C(F)(F)F)sc1C. The largest absolute Gasteiger partial charge is 0.464 e.